The summed E-state index contributed by atoms with van der Waals surface area (Å²) in [6.07, 6.45) is 0. The molecule has 6 heteroatoms. The molecule has 0 fully saturated rings. The van der Waals surface area contributed by atoms with Crippen molar-refractivity contribution in [3.63, 3.8) is 0 Å². The molecule has 0 aliphatic heterocycles. The van der Waals surface area contributed by atoms with Crippen molar-refractivity contribution in [2.45, 2.75) is 20.1 Å². The van der Waals surface area contributed by atoms with Crippen molar-refractivity contribution in [2.24, 2.45) is 0 Å². The highest BCUT2D eigenvalue weighted by atomic mass is 32.1. The first-order valence-electron chi connectivity index (χ1n) is 9.96. The van der Waals surface area contributed by atoms with E-state index < -0.39 is 0 Å². The van der Waals surface area contributed by atoms with Crippen molar-refractivity contribution >= 4 is 55.0 Å². The second-order valence-electron chi connectivity index (χ2n) is 7.11. The number of hydrogen-bond acceptors (Lipinski definition) is 4. The van der Waals surface area contributed by atoms with Crippen LogP contribution in [0.25, 0.3) is 32.0 Å². The summed E-state index contributed by atoms with van der Waals surface area (Å²) in [4.78, 5) is 16.9. The standard InChI is InChI=1S/C24H21N3O2S/c1-2-27-20-9-5-3-7-17(20)18-13-16(11-12-21(18)27)25-23(28)14-29-15-24-26-19-8-4-6-10-22(19)30-24/h3-13H,2,14-15H2,1H3,(H,25,28). The first kappa shape index (κ1) is 18.8. The van der Waals surface area contributed by atoms with Gasteiger partial charge in [0.2, 0.25) is 5.91 Å². The molecule has 0 atom stereocenters. The van der Waals surface area contributed by atoms with Gasteiger partial charge in [-0.25, -0.2) is 4.98 Å². The van der Waals surface area contributed by atoms with Gasteiger partial charge in [-0.2, -0.15) is 0 Å². The zero-order valence-electron chi connectivity index (χ0n) is 16.6. The summed E-state index contributed by atoms with van der Waals surface area (Å²) in [5.74, 6) is -0.172. The molecule has 2 aromatic heterocycles. The maximum absolute atomic E-state index is 12.4. The van der Waals surface area contributed by atoms with Crippen LogP contribution in [0, 0.1) is 0 Å². The van der Waals surface area contributed by atoms with E-state index in [0.717, 1.165) is 32.8 Å². The minimum absolute atomic E-state index is 0.00924. The van der Waals surface area contributed by atoms with E-state index in [1.165, 1.54) is 16.4 Å². The van der Waals surface area contributed by atoms with Gasteiger partial charge in [0.1, 0.15) is 11.6 Å². The molecule has 1 N–H and O–H groups in total. The second-order valence-corrected chi connectivity index (χ2v) is 8.22. The number of carbonyl (C=O) groups excluding carboxylic acids is 1. The van der Waals surface area contributed by atoms with E-state index in [-0.39, 0.29) is 12.5 Å². The van der Waals surface area contributed by atoms with Crippen LogP contribution < -0.4 is 5.32 Å². The van der Waals surface area contributed by atoms with Crippen LogP contribution in [-0.2, 0) is 22.7 Å². The Morgan fingerprint density at radius 1 is 1.03 bits per heavy atom. The minimum Gasteiger partial charge on any atom is -0.364 e. The lowest BCUT2D eigenvalue weighted by molar-refractivity contribution is -0.121. The SMILES string of the molecule is CCn1c2ccccc2c2cc(NC(=O)COCc3nc4ccccc4s3)ccc21. The highest BCUT2D eigenvalue weighted by Gasteiger charge is 2.11. The van der Waals surface area contributed by atoms with Gasteiger partial charge in [-0.3, -0.25) is 4.79 Å². The molecule has 1 amide bonds. The minimum atomic E-state index is -0.172. The summed E-state index contributed by atoms with van der Waals surface area (Å²) < 4.78 is 9.01. The number of thiazole rings is 1. The third-order valence-electron chi connectivity index (χ3n) is 5.17. The summed E-state index contributed by atoms with van der Waals surface area (Å²) in [6, 6.07) is 22.4. The van der Waals surface area contributed by atoms with E-state index >= 15 is 0 Å². The predicted octanol–water partition coefficient (Wildman–Crippen LogP) is 5.58. The highest BCUT2D eigenvalue weighted by molar-refractivity contribution is 7.18. The van der Waals surface area contributed by atoms with Crippen molar-refractivity contribution in [2.75, 3.05) is 11.9 Å². The molecule has 5 rings (SSSR count). The molecule has 5 aromatic rings. The molecule has 5 nitrogen and oxygen atoms in total. The highest BCUT2D eigenvalue weighted by Crippen LogP contribution is 2.31. The number of aryl methyl sites for hydroxylation is 1. The monoisotopic (exact) mass is 415 g/mol. The molecule has 2 heterocycles. The number of aromatic nitrogens is 2. The molecular weight excluding hydrogens is 394 g/mol. The molecule has 30 heavy (non-hydrogen) atoms. The fourth-order valence-electron chi connectivity index (χ4n) is 3.88. The Bertz CT molecular complexity index is 1340. The molecule has 0 aliphatic rings. The van der Waals surface area contributed by atoms with E-state index in [0.29, 0.717) is 6.61 Å². The molecule has 0 aliphatic carbocycles. The quantitative estimate of drug-likeness (QED) is 0.394. The second kappa shape index (κ2) is 7.89. The van der Waals surface area contributed by atoms with Crippen LogP contribution in [-0.4, -0.2) is 22.1 Å². The average Bonchev–Trinajstić information content (AvgIpc) is 3.31. The Kier molecular flexibility index (Phi) is 4.94. The van der Waals surface area contributed by atoms with Crippen molar-refractivity contribution in [3.8, 4) is 0 Å². The average molecular weight is 416 g/mol. The lowest BCUT2D eigenvalue weighted by Gasteiger charge is -2.07. The Morgan fingerprint density at radius 3 is 2.70 bits per heavy atom. The van der Waals surface area contributed by atoms with Crippen molar-refractivity contribution in [3.05, 3.63) is 71.7 Å². The fourth-order valence-corrected chi connectivity index (χ4v) is 4.79. The van der Waals surface area contributed by atoms with Crippen LogP contribution in [0.5, 0.6) is 0 Å². The van der Waals surface area contributed by atoms with E-state index in [4.69, 9.17) is 4.74 Å². The first-order valence-corrected chi connectivity index (χ1v) is 10.8. The van der Waals surface area contributed by atoms with Crippen LogP contribution in [0.4, 0.5) is 5.69 Å². The molecular formula is C24H21N3O2S. The van der Waals surface area contributed by atoms with Crippen LogP contribution in [0.1, 0.15) is 11.9 Å². The van der Waals surface area contributed by atoms with Gasteiger partial charge in [-0.1, -0.05) is 30.3 Å². The molecule has 150 valence electrons. The number of anilines is 1. The normalized spacial score (nSPS) is 11.5. The van der Waals surface area contributed by atoms with E-state index in [2.05, 4.69) is 46.1 Å². The number of carbonyl (C=O) groups is 1. The maximum Gasteiger partial charge on any atom is 0.250 e. The Morgan fingerprint density at radius 2 is 1.83 bits per heavy atom. The van der Waals surface area contributed by atoms with Gasteiger partial charge in [0.05, 0.1) is 16.8 Å². The van der Waals surface area contributed by atoms with Gasteiger partial charge >= 0.3 is 0 Å². The number of amides is 1. The molecule has 0 saturated heterocycles. The fraction of sp³-hybridized carbons (Fsp3) is 0.167. The van der Waals surface area contributed by atoms with Crippen LogP contribution >= 0.6 is 11.3 Å². The number of ether oxygens (including phenoxy) is 1. The van der Waals surface area contributed by atoms with Crippen LogP contribution in [0.3, 0.4) is 0 Å². The van der Waals surface area contributed by atoms with Crippen LogP contribution in [0.15, 0.2) is 66.7 Å². The number of nitrogens with zero attached hydrogens (tertiary/aromatic N) is 2. The summed E-state index contributed by atoms with van der Waals surface area (Å²) in [5, 5.41) is 6.15. The Hall–Kier alpha value is -3.22. The molecule has 0 bridgehead atoms. The Balaban J connectivity index is 1.28. The number of nitrogens with one attached hydrogen (secondary N) is 1. The number of para-hydroxylation sites is 2. The molecule has 0 spiro atoms. The largest absolute Gasteiger partial charge is 0.364 e. The van der Waals surface area contributed by atoms with Crippen LogP contribution in [0.2, 0.25) is 0 Å². The molecule has 0 radical (unpaired) electrons. The number of hydrogen-bond donors (Lipinski definition) is 1. The summed E-state index contributed by atoms with van der Waals surface area (Å²) in [5.41, 5.74) is 4.11. The summed E-state index contributed by atoms with van der Waals surface area (Å²) in [6.45, 7) is 3.36. The van der Waals surface area contributed by atoms with Gasteiger partial charge in [-0.05, 0) is 43.3 Å². The lowest BCUT2D eigenvalue weighted by Crippen LogP contribution is -2.18. The number of benzene rings is 3. The first-order chi connectivity index (χ1) is 14.7. The zero-order chi connectivity index (χ0) is 20.5. The zero-order valence-corrected chi connectivity index (χ0v) is 17.4. The lowest BCUT2D eigenvalue weighted by atomic mass is 10.1. The van der Waals surface area contributed by atoms with E-state index in [9.17, 15) is 4.79 Å². The van der Waals surface area contributed by atoms with Crippen molar-refractivity contribution in [1.29, 1.82) is 0 Å². The Labute approximate surface area is 177 Å². The summed E-state index contributed by atoms with van der Waals surface area (Å²) in [7, 11) is 0. The number of rotatable bonds is 6. The van der Waals surface area contributed by atoms with Gasteiger partial charge in [-0.15, -0.1) is 11.3 Å². The van der Waals surface area contributed by atoms with Gasteiger partial charge in [0.25, 0.3) is 0 Å². The third-order valence-corrected chi connectivity index (χ3v) is 6.18. The van der Waals surface area contributed by atoms with Gasteiger partial charge in [0.15, 0.2) is 0 Å². The van der Waals surface area contributed by atoms with Gasteiger partial charge in [0, 0.05) is 34.0 Å². The number of fused-ring (bicyclic) bond motifs is 4. The molecule has 0 unspecified atom stereocenters. The van der Waals surface area contributed by atoms with E-state index in [1.54, 1.807) is 11.3 Å². The van der Waals surface area contributed by atoms with E-state index in [1.807, 2.05) is 42.5 Å². The van der Waals surface area contributed by atoms with Gasteiger partial charge < -0.3 is 14.6 Å². The smallest absolute Gasteiger partial charge is 0.250 e. The third kappa shape index (κ3) is 3.44. The summed E-state index contributed by atoms with van der Waals surface area (Å²) >= 11 is 1.59. The molecule has 0 saturated carbocycles. The maximum atomic E-state index is 12.4. The predicted molar refractivity (Wildman–Crippen MR) is 123 cm³/mol. The molecule has 3 aromatic carbocycles. The topological polar surface area (TPSA) is 56.2 Å². The van der Waals surface area contributed by atoms with Crippen molar-refractivity contribution < 1.29 is 9.53 Å². The van der Waals surface area contributed by atoms with Crippen molar-refractivity contribution in [1.82, 2.24) is 9.55 Å².